The van der Waals surface area contributed by atoms with Crippen LogP contribution in [0.1, 0.15) is 0 Å². The molecule has 110 valence electrons. The van der Waals surface area contributed by atoms with Gasteiger partial charge in [-0.2, -0.15) is 0 Å². The second kappa shape index (κ2) is 7.46. The molecule has 0 aromatic heterocycles. The Morgan fingerprint density at radius 2 is 1.23 bits per heavy atom. The molecule has 0 spiro atoms. The van der Waals surface area contributed by atoms with Crippen molar-refractivity contribution in [3.05, 3.63) is 78.9 Å². The summed E-state index contributed by atoms with van der Waals surface area (Å²) in [6.45, 7) is 0. The maximum atomic E-state index is 6.11. The molecule has 2 nitrogen and oxygen atoms in total. The molecule has 3 aromatic rings. The molecule has 3 rings (SSSR count). The first kappa shape index (κ1) is 15.1. The molecule has 0 radical (unpaired) electrons. The molecule has 0 saturated heterocycles. The van der Waals surface area contributed by atoms with Gasteiger partial charge in [-0.15, -0.1) is 21.8 Å². The molecule has 22 heavy (non-hydrogen) atoms. The molecule has 0 aliphatic rings. The lowest BCUT2D eigenvalue weighted by atomic mass is 10.3. The first-order chi connectivity index (χ1) is 10.9. The third-order valence-electron chi connectivity index (χ3n) is 3.14. The SMILES string of the molecule is I[SiH2]c1cccc(Oc2ccccc2)c1Oc1ccccc1. The Morgan fingerprint density at radius 3 is 1.82 bits per heavy atom. The van der Waals surface area contributed by atoms with Crippen LogP contribution in [0.25, 0.3) is 0 Å². The van der Waals surface area contributed by atoms with Crippen LogP contribution in [0.3, 0.4) is 0 Å². The minimum absolute atomic E-state index is 0.399. The molecular weight excluding hydrogens is 403 g/mol. The highest BCUT2D eigenvalue weighted by Gasteiger charge is 2.12. The Morgan fingerprint density at radius 1 is 0.636 bits per heavy atom. The lowest BCUT2D eigenvalue weighted by Gasteiger charge is -2.15. The number of halogens is 1. The van der Waals surface area contributed by atoms with Crippen LogP contribution in [0.15, 0.2) is 78.9 Å². The first-order valence-electron chi connectivity index (χ1n) is 7.00. The van der Waals surface area contributed by atoms with Crippen molar-refractivity contribution in [2.24, 2.45) is 0 Å². The maximum Gasteiger partial charge on any atom is 0.169 e. The van der Waals surface area contributed by atoms with E-state index in [1.54, 1.807) is 0 Å². The first-order valence-corrected chi connectivity index (χ1v) is 12.8. The van der Waals surface area contributed by atoms with Gasteiger partial charge in [0.25, 0.3) is 0 Å². The van der Waals surface area contributed by atoms with E-state index in [1.807, 2.05) is 72.8 Å². The van der Waals surface area contributed by atoms with E-state index >= 15 is 0 Å². The van der Waals surface area contributed by atoms with Crippen LogP contribution in [0.5, 0.6) is 23.0 Å². The highest BCUT2D eigenvalue weighted by atomic mass is 127. The lowest BCUT2D eigenvalue weighted by molar-refractivity contribution is 0.421. The third kappa shape index (κ3) is 3.69. The maximum absolute atomic E-state index is 6.11. The molecule has 0 fully saturated rings. The highest BCUT2D eigenvalue weighted by molar-refractivity contribution is 14.1. The van der Waals surface area contributed by atoms with Crippen LogP contribution < -0.4 is 14.7 Å². The predicted octanol–water partition coefficient (Wildman–Crippen LogP) is 4.42. The number of ether oxygens (including phenoxy) is 2. The molecule has 0 N–H and O–H groups in total. The van der Waals surface area contributed by atoms with Gasteiger partial charge in [-0.25, -0.2) is 0 Å². The fraction of sp³-hybridized carbons (Fsp3) is 0. The fourth-order valence-electron chi connectivity index (χ4n) is 2.08. The number of rotatable bonds is 5. The van der Waals surface area contributed by atoms with Gasteiger partial charge in [0.2, 0.25) is 0 Å². The molecule has 0 aliphatic carbocycles. The Bertz CT molecular complexity index is 733. The van der Waals surface area contributed by atoms with Crippen LogP contribution in [0, 0.1) is 0 Å². The van der Waals surface area contributed by atoms with Gasteiger partial charge in [0.05, 0.1) is 0 Å². The second-order valence-corrected chi connectivity index (χ2v) is 8.03. The Balaban J connectivity index is 1.95. The summed E-state index contributed by atoms with van der Waals surface area (Å²) in [5.74, 6) is 3.23. The van der Waals surface area contributed by atoms with Crippen molar-refractivity contribution < 1.29 is 9.47 Å². The van der Waals surface area contributed by atoms with E-state index in [9.17, 15) is 0 Å². The van der Waals surface area contributed by atoms with E-state index in [-0.39, 0.29) is 0 Å². The van der Waals surface area contributed by atoms with E-state index < -0.39 is 7.02 Å². The van der Waals surface area contributed by atoms with Crippen LogP contribution in [-0.4, -0.2) is 7.02 Å². The average molecular weight is 418 g/mol. The summed E-state index contributed by atoms with van der Waals surface area (Å²) in [5, 5.41) is 1.25. The molecule has 4 heteroatoms. The summed E-state index contributed by atoms with van der Waals surface area (Å²) >= 11 is 2.47. The van der Waals surface area contributed by atoms with Crippen LogP contribution in [-0.2, 0) is 0 Å². The monoisotopic (exact) mass is 418 g/mol. The van der Waals surface area contributed by atoms with Crippen LogP contribution >= 0.6 is 21.8 Å². The molecule has 0 aliphatic heterocycles. The van der Waals surface area contributed by atoms with Crippen molar-refractivity contribution in [2.45, 2.75) is 0 Å². The molecule has 3 aromatic carbocycles. The standard InChI is InChI=1S/C18H15IO2Si/c19-22-17-13-7-12-16(20-14-8-3-1-4-9-14)18(17)21-15-10-5-2-6-11-15/h1-13H,22H2. The van der Waals surface area contributed by atoms with Gasteiger partial charge in [-0.1, -0.05) is 48.5 Å². The summed E-state index contributed by atoms with van der Waals surface area (Å²) in [6, 6.07) is 25.7. The minimum Gasteiger partial charge on any atom is -0.454 e. The number of hydrogen-bond acceptors (Lipinski definition) is 2. The molecule has 0 atom stereocenters. The van der Waals surface area contributed by atoms with Crippen molar-refractivity contribution in [2.75, 3.05) is 0 Å². The average Bonchev–Trinajstić information content (AvgIpc) is 2.58. The topological polar surface area (TPSA) is 18.5 Å². The molecule has 0 heterocycles. The van der Waals surface area contributed by atoms with Gasteiger partial charge in [-0.05, 0) is 35.5 Å². The minimum atomic E-state index is -0.399. The Labute approximate surface area is 145 Å². The van der Waals surface area contributed by atoms with Gasteiger partial charge < -0.3 is 9.47 Å². The molecule has 0 bridgehead atoms. The van der Waals surface area contributed by atoms with Crippen molar-refractivity contribution in [3.63, 3.8) is 0 Å². The molecule has 0 amide bonds. The summed E-state index contributed by atoms with van der Waals surface area (Å²) < 4.78 is 12.1. The van der Waals surface area contributed by atoms with E-state index in [4.69, 9.17) is 9.47 Å². The summed E-state index contributed by atoms with van der Waals surface area (Å²) in [6.07, 6.45) is 0. The summed E-state index contributed by atoms with van der Waals surface area (Å²) in [7, 11) is -0.399. The van der Waals surface area contributed by atoms with E-state index in [0.29, 0.717) is 0 Å². The zero-order valence-corrected chi connectivity index (χ0v) is 15.5. The van der Waals surface area contributed by atoms with E-state index in [1.165, 1.54) is 5.19 Å². The van der Waals surface area contributed by atoms with Gasteiger partial charge >= 0.3 is 0 Å². The number of hydrogen-bond donors (Lipinski definition) is 0. The summed E-state index contributed by atoms with van der Waals surface area (Å²) in [5.41, 5.74) is 0. The van der Waals surface area contributed by atoms with Crippen LogP contribution in [0.2, 0.25) is 0 Å². The Kier molecular flexibility index (Phi) is 5.13. The normalized spacial score (nSPS) is 10.8. The number of para-hydroxylation sites is 3. The zero-order valence-electron chi connectivity index (χ0n) is 11.9. The van der Waals surface area contributed by atoms with Gasteiger partial charge in [0.15, 0.2) is 11.5 Å². The van der Waals surface area contributed by atoms with E-state index in [2.05, 4.69) is 27.9 Å². The van der Waals surface area contributed by atoms with Crippen LogP contribution in [0.4, 0.5) is 0 Å². The molecule has 0 unspecified atom stereocenters. The zero-order chi connectivity index (χ0) is 15.2. The van der Waals surface area contributed by atoms with E-state index in [0.717, 1.165) is 23.0 Å². The largest absolute Gasteiger partial charge is 0.454 e. The Hall–Kier alpha value is -1.79. The second-order valence-electron chi connectivity index (χ2n) is 4.71. The lowest BCUT2D eigenvalue weighted by Crippen LogP contribution is -2.12. The van der Waals surface area contributed by atoms with Crippen molar-refractivity contribution in [1.82, 2.24) is 0 Å². The predicted molar refractivity (Wildman–Crippen MR) is 102 cm³/mol. The summed E-state index contributed by atoms with van der Waals surface area (Å²) in [4.78, 5) is 0. The van der Waals surface area contributed by atoms with Gasteiger partial charge in [0, 0.05) is 0 Å². The van der Waals surface area contributed by atoms with Gasteiger partial charge in [0.1, 0.15) is 18.5 Å². The van der Waals surface area contributed by atoms with Crippen molar-refractivity contribution in [3.8, 4) is 23.0 Å². The molecule has 0 saturated carbocycles. The molecular formula is C18H15IO2Si. The highest BCUT2D eigenvalue weighted by Crippen LogP contribution is 2.33. The smallest absolute Gasteiger partial charge is 0.169 e. The van der Waals surface area contributed by atoms with Crippen molar-refractivity contribution >= 4 is 34.0 Å². The third-order valence-corrected chi connectivity index (χ3v) is 6.45. The number of benzene rings is 3. The quantitative estimate of drug-likeness (QED) is 0.347. The fourth-order valence-corrected chi connectivity index (χ4v) is 4.48. The van der Waals surface area contributed by atoms with Crippen molar-refractivity contribution in [1.29, 1.82) is 0 Å². The van der Waals surface area contributed by atoms with Gasteiger partial charge in [-0.3, -0.25) is 0 Å².